The van der Waals surface area contributed by atoms with Gasteiger partial charge in [-0.25, -0.2) is 14.0 Å². The lowest BCUT2D eigenvalue weighted by atomic mass is 9.53. The summed E-state index contributed by atoms with van der Waals surface area (Å²) in [7, 11) is 0. The molecular weight excluding hydrogens is 379 g/mol. The first-order valence-corrected chi connectivity index (χ1v) is 10.1. The molecule has 4 saturated carbocycles. The summed E-state index contributed by atoms with van der Waals surface area (Å²) < 4.78 is 22.8. The van der Waals surface area contributed by atoms with E-state index in [9.17, 15) is 18.8 Å². The van der Waals surface area contributed by atoms with E-state index in [2.05, 4.69) is 10.6 Å². The molecule has 8 heteroatoms. The van der Waals surface area contributed by atoms with Crippen LogP contribution in [0, 0.1) is 23.6 Å². The molecule has 4 aliphatic rings. The molecule has 0 spiro atoms. The molecule has 0 unspecified atom stereocenters. The fourth-order valence-corrected chi connectivity index (χ4v) is 5.56. The minimum Gasteiger partial charge on any atom is -0.482 e. The third-order valence-corrected chi connectivity index (χ3v) is 6.20. The van der Waals surface area contributed by atoms with E-state index < -0.39 is 36.9 Å². The van der Waals surface area contributed by atoms with Gasteiger partial charge < -0.3 is 14.8 Å². The first kappa shape index (κ1) is 19.7. The second kappa shape index (κ2) is 8.00. The van der Waals surface area contributed by atoms with E-state index in [1.165, 1.54) is 43.5 Å². The molecule has 156 valence electrons. The van der Waals surface area contributed by atoms with Gasteiger partial charge >= 0.3 is 12.0 Å². The van der Waals surface area contributed by atoms with E-state index in [4.69, 9.17) is 9.47 Å². The molecule has 1 aromatic carbocycles. The maximum atomic E-state index is 12.8. The van der Waals surface area contributed by atoms with Gasteiger partial charge in [-0.2, -0.15) is 0 Å². The Morgan fingerprint density at radius 2 is 1.55 bits per heavy atom. The summed E-state index contributed by atoms with van der Waals surface area (Å²) in [5.41, 5.74) is -0.196. The number of carbonyl (C=O) groups excluding carboxylic acids is 3. The molecule has 29 heavy (non-hydrogen) atoms. The fraction of sp³-hybridized carbons (Fsp3) is 0.571. The minimum absolute atomic E-state index is 0.196. The number of hydrogen-bond acceptors (Lipinski definition) is 5. The zero-order valence-electron chi connectivity index (χ0n) is 16.1. The number of amides is 3. The first-order valence-electron chi connectivity index (χ1n) is 10.1. The van der Waals surface area contributed by atoms with Gasteiger partial charge in [0.25, 0.3) is 5.91 Å². The highest BCUT2D eigenvalue weighted by Crippen LogP contribution is 2.55. The summed E-state index contributed by atoms with van der Waals surface area (Å²) in [4.78, 5) is 35.9. The van der Waals surface area contributed by atoms with Gasteiger partial charge in [-0.1, -0.05) is 0 Å². The van der Waals surface area contributed by atoms with E-state index >= 15 is 0 Å². The quantitative estimate of drug-likeness (QED) is 0.711. The third kappa shape index (κ3) is 4.86. The van der Waals surface area contributed by atoms with Crippen LogP contribution in [0.5, 0.6) is 5.75 Å². The molecule has 5 rings (SSSR count). The maximum Gasteiger partial charge on any atom is 0.344 e. The van der Waals surface area contributed by atoms with E-state index in [1.807, 2.05) is 0 Å². The van der Waals surface area contributed by atoms with Crippen LogP contribution in [0.4, 0.5) is 9.18 Å². The van der Waals surface area contributed by atoms with Crippen LogP contribution < -0.4 is 15.4 Å². The van der Waals surface area contributed by atoms with Gasteiger partial charge in [-0.15, -0.1) is 0 Å². The molecule has 3 amide bonds. The third-order valence-electron chi connectivity index (χ3n) is 6.20. The molecule has 7 nitrogen and oxygen atoms in total. The van der Waals surface area contributed by atoms with E-state index in [1.54, 1.807) is 0 Å². The van der Waals surface area contributed by atoms with E-state index in [0.29, 0.717) is 23.5 Å². The highest BCUT2D eigenvalue weighted by atomic mass is 19.1. The van der Waals surface area contributed by atoms with Crippen LogP contribution in [0.2, 0.25) is 0 Å². The lowest BCUT2D eigenvalue weighted by Crippen LogP contribution is -2.62. The van der Waals surface area contributed by atoms with Gasteiger partial charge in [0.2, 0.25) is 0 Å². The number of rotatable bonds is 6. The molecule has 4 fully saturated rings. The highest BCUT2D eigenvalue weighted by Gasteiger charge is 2.51. The monoisotopic (exact) mass is 404 g/mol. The number of ether oxygens (including phenoxy) is 2. The Hall–Kier alpha value is -2.64. The Labute approximate surface area is 168 Å². The van der Waals surface area contributed by atoms with Crippen molar-refractivity contribution in [2.24, 2.45) is 17.8 Å². The molecule has 2 N–H and O–H groups in total. The number of urea groups is 1. The van der Waals surface area contributed by atoms with Crippen LogP contribution in [-0.4, -0.2) is 36.7 Å². The van der Waals surface area contributed by atoms with Crippen LogP contribution in [0.15, 0.2) is 24.3 Å². The van der Waals surface area contributed by atoms with Crippen molar-refractivity contribution in [3.63, 3.8) is 0 Å². The smallest absolute Gasteiger partial charge is 0.344 e. The Morgan fingerprint density at radius 1 is 0.966 bits per heavy atom. The summed E-state index contributed by atoms with van der Waals surface area (Å²) in [5, 5.41) is 5.27. The molecule has 0 saturated heterocycles. The number of halogens is 1. The topological polar surface area (TPSA) is 93.7 Å². The van der Waals surface area contributed by atoms with Gasteiger partial charge in [0.15, 0.2) is 13.2 Å². The van der Waals surface area contributed by atoms with Crippen LogP contribution >= 0.6 is 0 Å². The average molecular weight is 404 g/mol. The zero-order chi connectivity index (χ0) is 20.4. The summed E-state index contributed by atoms with van der Waals surface area (Å²) in [6, 6.07) is 4.64. The zero-order valence-corrected chi connectivity index (χ0v) is 16.1. The largest absolute Gasteiger partial charge is 0.482 e. The SMILES string of the molecule is O=C(COC(=O)COc1ccc(F)cc1)NC(=O)NC12CC3CC(CC(C3)C1)C2. The summed E-state index contributed by atoms with van der Waals surface area (Å²) in [6.07, 6.45) is 6.73. The van der Waals surface area contributed by atoms with Crippen molar-refractivity contribution in [1.29, 1.82) is 0 Å². The van der Waals surface area contributed by atoms with E-state index in [-0.39, 0.29) is 5.54 Å². The normalized spacial score (nSPS) is 29.2. The standard InChI is InChI=1S/C21H25FN2O5/c22-16-1-3-17(4-2-16)28-12-19(26)29-11-18(25)23-20(27)24-21-8-13-5-14(9-21)7-15(6-13)10-21/h1-4,13-15H,5-12H2,(H2,23,24,25,27). The first-order chi connectivity index (χ1) is 13.9. The molecule has 1 aromatic rings. The Kier molecular flexibility index (Phi) is 5.43. The van der Waals surface area contributed by atoms with Crippen LogP contribution in [-0.2, 0) is 14.3 Å². The van der Waals surface area contributed by atoms with Crippen molar-refractivity contribution in [2.45, 2.75) is 44.1 Å². The van der Waals surface area contributed by atoms with Crippen LogP contribution in [0.25, 0.3) is 0 Å². The molecule has 0 aliphatic heterocycles. The second-order valence-electron chi connectivity index (χ2n) is 8.60. The van der Waals surface area contributed by atoms with Gasteiger partial charge in [0, 0.05) is 5.54 Å². The number of benzene rings is 1. The van der Waals surface area contributed by atoms with Crippen molar-refractivity contribution in [3.05, 3.63) is 30.1 Å². The molecule has 4 bridgehead atoms. The Balaban J connectivity index is 1.17. The van der Waals surface area contributed by atoms with Crippen molar-refractivity contribution < 1.29 is 28.2 Å². The predicted molar refractivity (Wildman–Crippen MR) is 100 cm³/mol. The summed E-state index contributed by atoms with van der Waals surface area (Å²) in [5.74, 6) is 0.484. The summed E-state index contributed by atoms with van der Waals surface area (Å²) in [6.45, 7) is -0.988. The molecule has 0 radical (unpaired) electrons. The number of hydrogen-bond donors (Lipinski definition) is 2. The predicted octanol–water partition coefficient (Wildman–Crippen LogP) is 2.54. The highest BCUT2D eigenvalue weighted by molar-refractivity contribution is 5.95. The van der Waals surface area contributed by atoms with Crippen LogP contribution in [0.1, 0.15) is 38.5 Å². The minimum atomic E-state index is -0.758. The molecule has 0 heterocycles. The van der Waals surface area contributed by atoms with Gasteiger partial charge in [0.1, 0.15) is 11.6 Å². The number of nitrogens with one attached hydrogen (secondary N) is 2. The second-order valence-corrected chi connectivity index (χ2v) is 8.60. The van der Waals surface area contributed by atoms with Gasteiger partial charge in [-0.3, -0.25) is 10.1 Å². The van der Waals surface area contributed by atoms with Gasteiger partial charge in [0.05, 0.1) is 0 Å². The van der Waals surface area contributed by atoms with Crippen molar-refractivity contribution in [2.75, 3.05) is 13.2 Å². The van der Waals surface area contributed by atoms with Crippen LogP contribution in [0.3, 0.4) is 0 Å². The van der Waals surface area contributed by atoms with Crippen molar-refractivity contribution in [1.82, 2.24) is 10.6 Å². The maximum absolute atomic E-state index is 12.8. The molecule has 0 atom stereocenters. The number of imide groups is 1. The Morgan fingerprint density at radius 3 is 2.14 bits per heavy atom. The number of carbonyl (C=O) groups is 3. The molecular formula is C21H25FN2O5. The molecule has 0 aromatic heterocycles. The van der Waals surface area contributed by atoms with Gasteiger partial charge in [-0.05, 0) is 80.5 Å². The Bertz CT molecular complexity index is 759. The number of esters is 1. The van der Waals surface area contributed by atoms with E-state index in [0.717, 1.165) is 19.3 Å². The average Bonchev–Trinajstić information content (AvgIpc) is 2.64. The van der Waals surface area contributed by atoms with Crippen molar-refractivity contribution in [3.8, 4) is 5.75 Å². The summed E-state index contributed by atoms with van der Waals surface area (Å²) >= 11 is 0. The molecule has 4 aliphatic carbocycles. The lowest BCUT2D eigenvalue weighted by molar-refractivity contribution is -0.150. The lowest BCUT2D eigenvalue weighted by Gasteiger charge is -2.56. The fourth-order valence-electron chi connectivity index (χ4n) is 5.56. The van der Waals surface area contributed by atoms with Crippen molar-refractivity contribution >= 4 is 17.9 Å².